The van der Waals surface area contributed by atoms with Crippen LogP contribution in [0.4, 0.5) is 0 Å². The highest BCUT2D eigenvalue weighted by Gasteiger charge is 2.42. The first-order valence-electron chi connectivity index (χ1n) is 9.86. The second-order valence-electron chi connectivity index (χ2n) is 7.07. The molecule has 2 aromatic carbocycles. The molecule has 8 nitrogen and oxygen atoms in total. The van der Waals surface area contributed by atoms with Crippen LogP contribution in [0.1, 0.15) is 33.6 Å². The number of ether oxygens (including phenoxy) is 4. The summed E-state index contributed by atoms with van der Waals surface area (Å²) in [6, 6.07) is 16.8. The summed E-state index contributed by atoms with van der Waals surface area (Å²) in [6.07, 6.45) is -3.50. The van der Waals surface area contributed by atoms with Crippen LogP contribution in [0.3, 0.4) is 0 Å². The topological polar surface area (TPSA) is 108 Å². The Bertz CT molecular complexity index is 883. The second kappa shape index (κ2) is 10.7. The zero-order valence-electron chi connectivity index (χ0n) is 17.0. The van der Waals surface area contributed by atoms with Crippen LogP contribution < -0.4 is 0 Å². The zero-order chi connectivity index (χ0) is 22.2. The lowest BCUT2D eigenvalue weighted by molar-refractivity contribution is -0.146. The number of hydrogen-bond acceptors (Lipinski definition) is 8. The normalized spacial score (nSPS) is 21.2. The van der Waals surface area contributed by atoms with E-state index in [1.165, 1.54) is 7.11 Å². The Kier molecular flexibility index (Phi) is 7.75. The van der Waals surface area contributed by atoms with Gasteiger partial charge in [-0.05, 0) is 24.3 Å². The molecule has 1 aliphatic rings. The molecule has 3 rings (SSSR count). The molecule has 1 aliphatic heterocycles. The third-order valence-electron chi connectivity index (χ3n) is 4.92. The van der Waals surface area contributed by atoms with Gasteiger partial charge in [-0.2, -0.15) is 0 Å². The van der Waals surface area contributed by atoms with E-state index in [1.54, 1.807) is 60.7 Å². The fraction of sp³-hybridized carbons (Fsp3) is 0.348. The van der Waals surface area contributed by atoms with Crippen LogP contribution in [-0.4, -0.2) is 61.1 Å². The van der Waals surface area contributed by atoms with Gasteiger partial charge in [-0.15, -0.1) is 0 Å². The Labute approximate surface area is 179 Å². The number of aliphatic hydroxyl groups excluding tert-OH is 1. The third kappa shape index (κ3) is 6.13. The van der Waals surface area contributed by atoms with Crippen LogP contribution in [0.25, 0.3) is 0 Å². The summed E-state index contributed by atoms with van der Waals surface area (Å²) in [5.41, 5.74) is 0.723. The van der Waals surface area contributed by atoms with Crippen molar-refractivity contribution in [2.24, 2.45) is 0 Å². The molecular formula is C23H24O8. The van der Waals surface area contributed by atoms with Crippen molar-refractivity contribution in [3.63, 3.8) is 0 Å². The SMILES string of the molecule is COC(=O)C[C@@H]1O[C@@H]([C@@H](O)COC(=O)c2ccccc2)C[C@H]1OC(=O)c1ccccc1. The van der Waals surface area contributed by atoms with Gasteiger partial charge in [0.25, 0.3) is 0 Å². The average molecular weight is 428 g/mol. The first kappa shape index (κ1) is 22.5. The van der Waals surface area contributed by atoms with Crippen molar-refractivity contribution in [1.29, 1.82) is 0 Å². The highest BCUT2D eigenvalue weighted by molar-refractivity contribution is 5.89. The number of carbonyl (C=O) groups is 3. The van der Waals surface area contributed by atoms with Crippen LogP contribution in [0.15, 0.2) is 60.7 Å². The molecule has 0 bridgehead atoms. The Hall–Kier alpha value is -3.23. The lowest BCUT2D eigenvalue weighted by Gasteiger charge is -2.19. The van der Waals surface area contributed by atoms with Gasteiger partial charge in [-0.3, -0.25) is 4.79 Å². The number of aliphatic hydroxyl groups is 1. The molecule has 0 spiro atoms. The molecule has 1 heterocycles. The van der Waals surface area contributed by atoms with Gasteiger partial charge >= 0.3 is 17.9 Å². The smallest absolute Gasteiger partial charge is 0.338 e. The van der Waals surface area contributed by atoms with Gasteiger partial charge in [0.15, 0.2) is 0 Å². The number of rotatable bonds is 8. The van der Waals surface area contributed by atoms with E-state index in [1.807, 2.05) is 0 Å². The molecule has 0 unspecified atom stereocenters. The predicted octanol–water partition coefficient (Wildman–Crippen LogP) is 2.15. The van der Waals surface area contributed by atoms with E-state index in [-0.39, 0.29) is 19.4 Å². The van der Waals surface area contributed by atoms with Gasteiger partial charge in [0.2, 0.25) is 0 Å². The number of methoxy groups -OCH3 is 1. The van der Waals surface area contributed by atoms with E-state index in [0.717, 1.165) is 0 Å². The van der Waals surface area contributed by atoms with Crippen LogP contribution in [0.5, 0.6) is 0 Å². The monoisotopic (exact) mass is 428 g/mol. The minimum absolute atomic E-state index is 0.143. The molecule has 0 aromatic heterocycles. The molecule has 1 saturated heterocycles. The number of esters is 3. The average Bonchev–Trinajstić information content (AvgIpc) is 3.20. The third-order valence-corrected chi connectivity index (χ3v) is 4.92. The minimum Gasteiger partial charge on any atom is -0.469 e. The molecular weight excluding hydrogens is 404 g/mol. The summed E-state index contributed by atoms with van der Waals surface area (Å²) in [5.74, 6) is -1.66. The van der Waals surface area contributed by atoms with Gasteiger partial charge in [0.05, 0.1) is 30.8 Å². The van der Waals surface area contributed by atoms with E-state index in [0.29, 0.717) is 11.1 Å². The maximum atomic E-state index is 12.4. The molecule has 1 N–H and O–H groups in total. The van der Waals surface area contributed by atoms with E-state index in [9.17, 15) is 19.5 Å². The quantitative estimate of drug-likeness (QED) is 0.503. The summed E-state index contributed by atoms with van der Waals surface area (Å²) in [5, 5.41) is 10.5. The van der Waals surface area contributed by atoms with Crippen molar-refractivity contribution in [2.75, 3.05) is 13.7 Å². The molecule has 4 atom stereocenters. The summed E-state index contributed by atoms with van der Waals surface area (Å²) in [4.78, 5) is 36.2. The van der Waals surface area contributed by atoms with Crippen molar-refractivity contribution >= 4 is 17.9 Å². The maximum absolute atomic E-state index is 12.4. The van der Waals surface area contributed by atoms with Gasteiger partial charge in [0, 0.05) is 6.42 Å². The maximum Gasteiger partial charge on any atom is 0.338 e. The van der Waals surface area contributed by atoms with E-state index in [2.05, 4.69) is 4.74 Å². The molecule has 164 valence electrons. The van der Waals surface area contributed by atoms with Crippen LogP contribution >= 0.6 is 0 Å². The minimum atomic E-state index is -1.16. The van der Waals surface area contributed by atoms with Gasteiger partial charge < -0.3 is 24.1 Å². The fourth-order valence-corrected chi connectivity index (χ4v) is 3.25. The molecule has 1 fully saturated rings. The first-order chi connectivity index (χ1) is 15.0. The van der Waals surface area contributed by atoms with Crippen molar-refractivity contribution in [2.45, 2.75) is 37.3 Å². The first-order valence-corrected chi connectivity index (χ1v) is 9.86. The van der Waals surface area contributed by atoms with E-state index >= 15 is 0 Å². The Morgan fingerprint density at radius 2 is 1.58 bits per heavy atom. The Morgan fingerprint density at radius 1 is 1.00 bits per heavy atom. The molecule has 0 saturated carbocycles. The highest BCUT2D eigenvalue weighted by atomic mass is 16.6. The van der Waals surface area contributed by atoms with E-state index < -0.39 is 42.3 Å². The standard InChI is InChI=1S/C23H24O8/c1-28-21(25)13-20-19(31-23(27)16-10-6-3-7-11-16)12-18(30-20)17(24)14-29-22(26)15-8-4-2-5-9-15/h2-11,17-20,24H,12-14H2,1H3/t17-,18+,19+,20-/m0/s1. The number of benzene rings is 2. The number of carbonyl (C=O) groups excluding carboxylic acids is 3. The predicted molar refractivity (Wildman–Crippen MR) is 108 cm³/mol. The van der Waals surface area contributed by atoms with Gasteiger partial charge in [0.1, 0.15) is 24.9 Å². The lowest BCUT2D eigenvalue weighted by atomic mass is 10.1. The fourth-order valence-electron chi connectivity index (χ4n) is 3.25. The largest absolute Gasteiger partial charge is 0.469 e. The molecule has 0 aliphatic carbocycles. The summed E-state index contributed by atoms with van der Waals surface area (Å²) in [7, 11) is 1.25. The van der Waals surface area contributed by atoms with Crippen molar-refractivity contribution < 1.29 is 38.4 Å². The van der Waals surface area contributed by atoms with E-state index in [4.69, 9.17) is 14.2 Å². The van der Waals surface area contributed by atoms with Crippen LogP contribution in [-0.2, 0) is 23.7 Å². The summed E-state index contributed by atoms with van der Waals surface area (Å²) >= 11 is 0. The van der Waals surface area contributed by atoms with Gasteiger partial charge in [-0.1, -0.05) is 36.4 Å². The molecule has 0 radical (unpaired) electrons. The Morgan fingerprint density at radius 3 is 2.16 bits per heavy atom. The zero-order valence-corrected chi connectivity index (χ0v) is 17.0. The molecule has 0 amide bonds. The van der Waals surface area contributed by atoms with Crippen molar-refractivity contribution in [3.8, 4) is 0 Å². The van der Waals surface area contributed by atoms with Crippen LogP contribution in [0, 0.1) is 0 Å². The van der Waals surface area contributed by atoms with Crippen LogP contribution in [0.2, 0.25) is 0 Å². The Balaban J connectivity index is 1.61. The second-order valence-corrected chi connectivity index (χ2v) is 7.07. The van der Waals surface area contributed by atoms with Crippen molar-refractivity contribution in [1.82, 2.24) is 0 Å². The summed E-state index contributed by atoms with van der Waals surface area (Å²) < 4.78 is 21.1. The summed E-state index contributed by atoms with van der Waals surface area (Å²) in [6.45, 7) is -0.303. The molecule has 8 heteroatoms. The lowest BCUT2D eigenvalue weighted by Crippen LogP contribution is -2.32. The number of hydrogen-bond donors (Lipinski definition) is 1. The van der Waals surface area contributed by atoms with Crippen molar-refractivity contribution in [3.05, 3.63) is 71.8 Å². The molecule has 31 heavy (non-hydrogen) atoms. The van der Waals surface area contributed by atoms with Gasteiger partial charge in [-0.25, -0.2) is 9.59 Å². The highest BCUT2D eigenvalue weighted by Crippen LogP contribution is 2.29. The molecule has 2 aromatic rings.